The second-order valence-electron chi connectivity index (χ2n) is 8.20. The van der Waals surface area contributed by atoms with E-state index in [2.05, 4.69) is 36.2 Å². The first kappa shape index (κ1) is 21.5. The van der Waals surface area contributed by atoms with Crippen LogP contribution in [0, 0.1) is 5.92 Å². The van der Waals surface area contributed by atoms with Gasteiger partial charge in [-0.1, -0.05) is 6.07 Å². The minimum Gasteiger partial charge on any atom is -0.481 e. The summed E-state index contributed by atoms with van der Waals surface area (Å²) in [7, 11) is 3.07. The fraction of sp³-hybridized carbons (Fsp3) is 0.500. The van der Waals surface area contributed by atoms with Crippen LogP contribution in [0.1, 0.15) is 31.2 Å². The van der Waals surface area contributed by atoms with Crippen molar-refractivity contribution in [2.75, 3.05) is 31.9 Å². The Hall–Kier alpha value is -2.68. The van der Waals surface area contributed by atoms with E-state index in [0.29, 0.717) is 29.3 Å². The van der Waals surface area contributed by atoms with Crippen LogP contribution in [-0.4, -0.2) is 57.1 Å². The fourth-order valence-corrected chi connectivity index (χ4v) is 6.61. The maximum absolute atomic E-state index is 13.4. The number of fused-ring (bicyclic) bond motifs is 1. The van der Waals surface area contributed by atoms with Crippen LogP contribution in [0.3, 0.4) is 0 Å². The number of rotatable bonds is 7. The van der Waals surface area contributed by atoms with Crippen LogP contribution >= 0.6 is 0 Å². The van der Waals surface area contributed by atoms with Crippen molar-refractivity contribution in [3.05, 3.63) is 42.5 Å². The van der Waals surface area contributed by atoms with Crippen LogP contribution in [0.4, 0.5) is 5.82 Å². The molecule has 0 aliphatic heterocycles. The summed E-state index contributed by atoms with van der Waals surface area (Å²) in [5.41, 5.74) is 1.80. The quantitative estimate of drug-likeness (QED) is 0.600. The van der Waals surface area contributed by atoms with E-state index in [-0.39, 0.29) is 0 Å². The highest BCUT2D eigenvalue weighted by Gasteiger charge is 2.28. The molecule has 0 amide bonds. The number of anilines is 1. The summed E-state index contributed by atoms with van der Waals surface area (Å²) in [6.07, 6.45) is 9.45. The van der Waals surface area contributed by atoms with E-state index in [1.807, 2.05) is 18.3 Å². The van der Waals surface area contributed by atoms with E-state index in [0.717, 1.165) is 48.1 Å². The molecule has 31 heavy (non-hydrogen) atoms. The minimum absolute atomic E-state index is 0.421. The topological polar surface area (TPSA) is 96.4 Å². The normalized spacial score (nSPS) is 20.9. The molecule has 0 radical (unpaired) electrons. The van der Waals surface area contributed by atoms with Crippen molar-refractivity contribution in [3.63, 3.8) is 0 Å². The monoisotopic (exact) mass is 442 g/mol. The molecule has 1 atom stereocenters. The van der Waals surface area contributed by atoms with Gasteiger partial charge < -0.3 is 14.6 Å². The fourth-order valence-electron chi connectivity index (χ4n) is 4.46. The Labute approximate surface area is 183 Å². The van der Waals surface area contributed by atoms with Crippen LogP contribution in [0.5, 0.6) is 5.88 Å². The van der Waals surface area contributed by atoms with E-state index in [9.17, 15) is 4.21 Å². The molecule has 1 aliphatic carbocycles. The lowest BCUT2D eigenvalue weighted by Crippen LogP contribution is -2.37. The predicted molar refractivity (Wildman–Crippen MR) is 124 cm³/mol. The van der Waals surface area contributed by atoms with Gasteiger partial charge in [0, 0.05) is 44.4 Å². The molecule has 1 N–H and O–H groups in total. The molecule has 4 rings (SSSR count). The van der Waals surface area contributed by atoms with E-state index in [4.69, 9.17) is 4.74 Å². The summed E-state index contributed by atoms with van der Waals surface area (Å²) in [5, 5.41) is 1.05. The lowest BCUT2D eigenvalue weighted by Gasteiger charge is -2.35. The zero-order valence-electron chi connectivity index (χ0n) is 18.3. The van der Waals surface area contributed by atoms with Gasteiger partial charge in [0.2, 0.25) is 5.88 Å². The molecule has 8 nitrogen and oxygen atoms in total. The summed E-state index contributed by atoms with van der Waals surface area (Å²) < 4.78 is 22.9. The van der Waals surface area contributed by atoms with E-state index < -0.39 is 9.73 Å². The highest BCUT2D eigenvalue weighted by atomic mass is 32.2. The number of nitrogens with one attached hydrogen (secondary N) is 1. The molecule has 3 aromatic heterocycles. The molecular weight excluding hydrogens is 412 g/mol. The molecule has 1 unspecified atom stereocenters. The van der Waals surface area contributed by atoms with Crippen molar-refractivity contribution in [1.82, 2.24) is 19.9 Å². The van der Waals surface area contributed by atoms with Gasteiger partial charge in [0.1, 0.15) is 17.8 Å². The molecule has 1 fully saturated rings. The van der Waals surface area contributed by atoms with Gasteiger partial charge in [-0.3, -0.25) is 0 Å². The molecule has 9 heteroatoms. The van der Waals surface area contributed by atoms with Crippen LogP contribution in [0.15, 0.2) is 41.3 Å². The standard InChI is InChI=1S/C22H30N6O2S/c1-23-31(29,14-17-6-9-20(30-3)25-12-17)13-16-4-7-18(8-5-16)28(2)22-19-10-11-24-21(19)26-15-27-22/h6,9-12,15-16,18H,4-5,7-8,13-14H2,1-3H3,(H,24,26,27). The lowest BCUT2D eigenvalue weighted by molar-refractivity contribution is 0.342. The number of aromatic nitrogens is 4. The van der Waals surface area contributed by atoms with Gasteiger partial charge in [-0.05, 0) is 43.2 Å². The molecule has 0 bridgehead atoms. The second kappa shape index (κ2) is 9.21. The van der Waals surface area contributed by atoms with Gasteiger partial charge in [-0.15, -0.1) is 0 Å². The third kappa shape index (κ3) is 4.81. The highest BCUT2D eigenvalue weighted by molar-refractivity contribution is 7.92. The van der Waals surface area contributed by atoms with Crippen LogP contribution in [0.2, 0.25) is 0 Å². The number of nitrogens with zero attached hydrogens (tertiary/aromatic N) is 5. The molecule has 1 aliphatic rings. The highest BCUT2D eigenvalue weighted by Crippen LogP contribution is 2.32. The Morgan fingerprint density at radius 1 is 1.19 bits per heavy atom. The molecule has 0 aromatic carbocycles. The first-order valence-corrected chi connectivity index (χ1v) is 12.5. The molecule has 0 spiro atoms. The van der Waals surface area contributed by atoms with Crippen LogP contribution < -0.4 is 9.64 Å². The van der Waals surface area contributed by atoms with Crippen molar-refractivity contribution in [2.45, 2.75) is 37.5 Å². The number of methoxy groups -OCH3 is 1. The third-order valence-corrected chi connectivity index (χ3v) is 8.70. The number of hydrogen-bond donors (Lipinski definition) is 1. The summed E-state index contributed by atoms with van der Waals surface area (Å²) in [5.74, 6) is 3.03. The van der Waals surface area contributed by atoms with Gasteiger partial charge in [0.25, 0.3) is 0 Å². The zero-order chi connectivity index (χ0) is 21.8. The largest absolute Gasteiger partial charge is 0.481 e. The molecule has 3 aromatic rings. The Balaban J connectivity index is 1.37. The Kier molecular flexibility index (Phi) is 6.41. The SMILES string of the molecule is CN=S(=O)(Cc1ccc(OC)nc1)CC1CCC(N(C)c2ncnc3[nH]ccc23)CC1. The summed E-state index contributed by atoms with van der Waals surface area (Å²) >= 11 is 0. The number of aromatic amines is 1. The summed E-state index contributed by atoms with van der Waals surface area (Å²) in [6.45, 7) is 0. The van der Waals surface area contributed by atoms with Crippen molar-refractivity contribution < 1.29 is 8.95 Å². The summed E-state index contributed by atoms with van der Waals surface area (Å²) in [6, 6.07) is 6.18. The van der Waals surface area contributed by atoms with Gasteiger partial charge in [0.15, 0.2) is 0 Å². The predicted octanol–water partition coefficient (Wildman–Crippen LogP) is 3.65. The zero-order valence-corrected chi connectivity index (χ0v) is 19.1. The molecular formula is C22H30N6O2S. The van der Waals surface area contributed by atoms with Crippen molar-refractivity contribution in [3.8, 4) is 5.88 Å². The summed E-state index contributed by atoms with van der Waals surface area (Å²) in [4.78, 5) is 18.5. The van der Waals surface area contributed by atoms with E-state index in [1.54, 1.807) is 32.7 Å². The third-order valence-electron chi connectivity index (χ3n) is 6.26. The minimum atomic E-state index is -2.30. The molecule has 3 heterocycles. The maximum atomic E-state index is 13.4. The number of ether oxygens (including phenoxy) is 1. The molecule has 1 saturated carbocycles. The first-order valence-electron chi connectivity index (χ1n) is 10.6. The Morgan fingerprint density at radius 2 is 2.00 bits per heavy atom. The van der Waals surface area contributed by atoms with Crippen LogP contribution in [0.25, 0.3) is 11.0 Å². The Morgan fingerprint density at radius 3 is 2.68 bits per heavy atom. The van der Waals surface area contributed by atoms with E-state index >= 15 is 0 Å². The average molecular weight is 443 g/mol. The smallest absolute Gasteiger partial charge is 0.212 e. The maximum Gasteiger partial charge on any atom is 0.212 e. The van der Waals surface area contributed by atoms with Gasteiger partial charge in [-0.2, -0.15) is 0 Å². The van der Waals surface area contributed by atoms with Crippen LogP contribution in [-0.2, 0) is 15.5 Å². The average Bonchev–Trinajstić information content (AvgIpc) is 3.29. The van der Waals surface area contributed by atoms with Gasteiger partial charge >= 0.3 is 0 Å². The second-order valence-corrected chi connectivity index (χ2v) is 10.7. The van der Waals surface area contributed by atoms with E-state index in [1.165, 1.54) is 0 Å². The first-order chi connectivity index (χ1) is 15.0. The number of pyridine rings is 1. The number of hydrogen-bond acceptors (Lipinski definition) is 7. The van der Waals surface area contributed by atoms with Gasteiger partial charge in [0.05, 0.1) is 28.0 Å². The number of H-pyrrole nitrogens is 1. The van der Waals surface area contributed by atoms with Crippen molar-refractivity contribution in [1.29, 1.82) is 0 Å². The lowest BCUT2D eigenvalue weighted by atomic mass is 9.86. The Bertz CT molecular complexity index is 1130. The molecule has 166 valence electrons. The van der Waals surface area contributed by atoms with Gasteiger partial charge in [-0.25, -0.2) is 23.5 Å². The van der Waals surface area contributed by atoms with Crippen molar-refractivity contribution >= 4 is 26.6 Å². The molecule has 0 saturated heterocycles. The van der Waals surface area contributed by atoms with Crippen molar-refractivity contribution in [2.24, 2.45) is 10.3 Å².